The van der Waals surface area contributed by atoms with Gasteiger partial charge in [-0.05, 0) is 48.6 Å². The lowest BCUT2D eigenvalue weighted by Gasteiger charge is -2.25. The number of halogens is 3. The van der Waals surface area contributed by atoms with E-state index < -0.39 is 6.36 Å². The van der Waals surface area contributed by atoms with Gasteiger partial charge in [-0.1, -0.05) is 6.58 Å². The van der Waals surface area contributed by atoms with Gasteiger partial charge >= 0.3 is 6.36 Å². The standard InChI is InChI=1S/C17H12F3NO2/c1-12-4-5-13(16-3-2-10-22-16)11-21(12)14-6-8-15(9-7-14)23-17(18,19)20/h2-11H,1H2. The Morgan fingerprint density at radius 1 is 1.04 bits per heavy atom. The summed E-state index contributed by atoms with van der Waals surface area (Å²) in [7, 11) is 0. The molecule has 0 bridgehead atoms. The first-order valence-electron chi connectivity index (χ1n) is 6.70. The quantitative estimate of drug-likeness (QED) is 0.786. The molecule has 0 atom stereocenters. The van der Waals surface area contributed by atoms with Crippen molar-refractivity contribution in [1.82, 2.24) is 0 Å². The van der Waals surface area contributed by atoms with Gasteiger partial charge in [-0.2, -0.15) is 0 Å². The van der Waals surface area contributed by atoms with Crippen molar-refractivity contribution in [3.05, 3.63) is 79.0 Å². The summed E-state index contributed by atoms with van der Waals surface area (Å²) in [6.45, 7) is 3.92. The summed E-state index contributed by atoms with van der Waals surface area (Å²) in [6, 6.07) is 9.18. The van der Waals surface area contributed by atoms with E-state index in [2.05, 4.69) is 11.3 Å². The van der Waals surface area contributed by atoms with Gasteiger partial charge in [-0.25, -0.2) is 0 Å². The molecule has 118 valence electrons. The van der Waals surface area contributed by atoms with Gasteiger partial charge in [0.1, 0.15) is 11.5 Å². The predicted molar refractivity (Wildman–Crippen MR) is 80.6 cm³/mol. The van der Waals surface area contributed by atoms with Gasteiger partial charge in [-0.3, -0.25) is 0 Å². The third-order valence-corrected chi connectivity index (χ3v) is 3.19. The molecular weight excluding hydrogens is 307 g/mol. The van der Waals surface area contributed by atoms with Gasteiger partial charge < -0.3 is 14.1 Å². The van der Waals surface area contributed by atoms with Crippen LogP contribution < -0.4 is 9.64 Å². The molecule has 6 heteroatoms. The van der Waals surface area contributed by atoms with E-state index in [4.69, 9.17) is 4.42 Å². The lowest BCUT2D eigenvalue weighted by Crippen LogP contribution is -2.18. The molecule has 3 rings (SSSR count). The van der Waals surface area contributed by atoms with E-state index in [9.17, 15) is 13.2 Å². The lowest BCUT2D eigenvalue weighted by atomic mass is 10.1. The first-order chi connectivity index (χ1) is 10.9. The van der Waals surface area contributed by atoms with Crippen molar-refractivity contribution < 1.29 is 22.3 Å². The summed E-state index contributed by atoms with van der Waals surface area (Å²) < 4.78 is 45.8. The van der Waals surface area contributed by atoms with Gasteiger partial charge in [0, 0.05) is 23.2 Å². The highest BCUT2D eigenvalue weighted by atomic mass is 19.4. The molecule has 2 aromatic rings. The number of rotatable bonds is 3. The van der Waals surface area contributed by atoms with Crippen molar-refractivity contribution in [2.24, 2.45) is 0 Å². The van der Waals surface area contributed by atoms with Crippen molar-refractivity contribution in [3.8, 4) is 5.75 Å². The molecule has 0 unspecified atom stereocenters. The van der Waals surface area contributed by atoms with Crippen molar-refractivity contribution in [2.75, 3.05) is 4.90 Å². The van der Waals surface area contributed by atoms with Crippen molar-refractivity contribution in [2.45, 2.75) is 6.36 Å². The fraction of sp³-hybridized carbons (Fsp3) is 0.0588. The Labute approximate surface area is 130 Å². The van der Waals surface area contributed by atoms with Crippen molar-refractivity contribution in [1.29, 1.82) is 0 Å². The average Bonchev–Trinajstić information content (AvgIpc) is 3.01. The minimum absolute atomic E-state index is 0.269. The monoisotopic (exact) mass is 319 g/mol. The van der Waals surface area contributed by atoms with Gasteiger partial charge in [0.25, 0.3) is 0 Å². The zero-order chi connectivity index (χ0) is 16.4. The molecule has 1 aliphatic rings. The van der Waals surface area contributed by atoms with Crippen LogP contribution in [0.2, 0.25) is 0 Å². The average molecular weight is 319 g/mol. The molecule has 1 aromatic heterocycles. The first-order valence-corrected chi connectivity index (χ1v) is 6.70. The number of nitrogens with zero attached hydrogens (tertiary/aromatic N) is 1. The normalized spacial score (nSPS) is 14.8. The maximum absolute atomic E-state index is 12.2. The highest BCUT2D eigenvalue weighted by molar-refractivity contribution is 5.78. The molecule has 1 aromatic carbocycles. The molecule has 0 N–H and O–H groups in total. The molecule has 0 saturated carbocycles. The molecule has 0 aliphatic carbocycles. The van der Waals surface area contributed by atoms with Crippen LogP contribution in [0.25, 0.3) is 5.57 Å². The minimum atomic E-state index is -4.70. The second-order valence-electron chi connectivity index (χ2n) is 4.80. The Kier molecular flexibility index (Phi) is 3.73. The van der Waals surface area contributed by atoms with Crippen LogP contribution >= 0.6 is 0 Å². The van der Waals surface area contributed by atoms with Crippen LogP contribution in [0.5, 0.6) is 5.75 Å². The summed E-state index contributed by atoms with van der Waals surface area (Å²) in [6.07, 6.45) is 2.34. The number of allylic oxidation sites excluding steroid dienone is 3. The Morgan fingerprint density at radius 2 is 1.78 bits per heavy atom. The maximum Gasteiger partial charge on any atom is 0.573 e. The number of ether oxygens (including phenoxy) is 1. The van der Waals surface area contributed by atoms with Crippen molar-refractivity contribution >= 4 is 11.3 Å². The molecule has 23 heavy (non-hydrogen) atoms. The van der Waals surface area contributed by atoms with Crippen LogP contribution in [-0.4, -0.2) is 6.36 Å². The van der Waals surface area contributed by atoms with E-state index in [1.54, 1.807) is 29.5 Å². The van der Waals surface area contributed by atoms with Crippen LogP contribution in [-0.2, 0) is 0 Å². The third kappa shape index (κ3) is 3.48. The van der Waals surface area contributed by atoms with Crippen molar-refractivity contribution in [3.63, 3.8) is 0 Å². The fourth-order valence-electron chi connectivity index (χ4n) is 2.17. The Bertz CT molecular complexity index is 756. The van der Waals surface area contributed by atoms with Gasteiger partial charge in [0.15, 0.2) is 0 Å². The van der Waals surface area contributed by atoms with Gasteiger partial charge in [0.2, 0.25) is 0 Å². The highest BCUT2D eigenvalue weighted by Gasteiger charge is 2.31. The Balaban J connectivity index is 1.85. The summed E-state index contributed by atoms with van der Waals surface area (Å²) in [4.78, 5) is 1.76. The van der Waals surface area contributed by atoms with Crippen LogP contribution in [0.15, 0.2) is 77.7 Å². The Morgan fingerprint density at radius 3 is 2.39 bits per heavy atom. The molecule has 0 spiro atoms. The van der Waals surface area contributed by atoms with Gasteiger partial charge in [0.05, 0.1) is 6.26 Å². The molecule has 0 radical (unpaired) electrons. The number of hydrogen-bond acceptors (Lipinski definition) is 3. The summed E-state index contributed by atoms with van der Waals surface area (Å²) in [5, 5.41) is 0. The van der Waals surface area contributed by atoms with Crippen LogP contribution in [0, 0.1) is 0 Å². The third-order valence-electron chi connectivity index (χ3n) is 3.19. The van der Waals surface area contributed by atoms with Gasteiger partial charge in [-0.15, -0.1) is 13.2 Å². The summed E-state index contributed by atoms with van der Waals surface area (Å²) in [5.41, 5.74) is 2.18. The smallest absolute Gasteiger partial charge is 0.464 e. The fourth-order valence-corrected chi connectivity index (χ4v) is 2.17. The predicted octanol–water partition coefficient (Wildman–Crippen LogP) is 5.11. The molecular formula is C17H12F3NO2. The molecule has 3 nitrogen and oxygen atoms in total. The number of anilines is 1. The van der Waals surface area contributed by atoms with E-state index in [1.165, 1.54) is 24.3 Å². The molecule has 1 aliphatic heterocycles. The zero-order valence-electron chi connectivity index (χ0n) is 11.9. The zero-order valence-corrected chi connectivity index (χ0v) is 11.9. The number of alkyl halides is 3. The summed E-state index contributed by atoms with van der Waals surface area (Å²) >= 11 is 0. The van der Waals surface area contributed by atoms with Crippen LogP contribution in [0.3, 0.4) is 0 Å². The SMILES string of the molecule is C=C1C=CC(c2ccco2)=CN1c1ccc(OC(F)(F)F)cc1. The maximum atomic E-state index is 12.2. The second-order valence-corrected chi connectivity index (χ2v) is 4.80. The van der Waals surface area contributed by atoms with E-state index >= 15 is 0 Å². The number of furan rings is 1. The van der Waals surface area contributed by atoms with E-state index in [1.807, 2.05) is 12.1 Å². The molecule has 0 amide bonds. The highest BCUT2D eigenvalue weighted by Crippen LogP contribution is 2.31. The number of hydrogen-bond donors (Lipinski definition) is 0. The molecule has 2 heterocycles. The van der Waals surface area contributed by atoms with Crippen LogP contribution in [0.4, 0.5) is 18.9 Å². The van der Waals surface area contributed by atoms with E-state index in [-0.39, 0.29) is 5.75 Å². The number of benzene rings is 1. The molecule has 0 fully saturated rings. The van der Waals surface area contributed by atoms with E-state index in [0.29, 0.717) is 17.1 Å². The largest absolute Gasteiger partial charge is 0.573 e. The topological polar surface area (TPSA) is 25.6 Å². The Hall–Kier alpha value is -2.89. The van der Waals surface area contributed by atoms with Crippen LogP contribution in [0.1, 0.15) is 5.76 Å². The first kappa shape index (κ1) is 15.0. The van der Waals surface area contributed by atoms with E-state index in [0.717, 1.165) is 5.57 Å². The second kappa shape index (κ2) is 5.72. The minimum Gasteiger partial charge on any atom is -0.464 e. The lowest BCUT2D eigenvalue weighted by molar-refractivity contribution is -0.274. The molecule has 0 saturated heterocycles. The summed E-state index contributed by atoms with van der Waals surface area (Å²) in [5.74, 6) is 0.422.